The zero-order valence-corrected chi connectivity index (χ0v) is 19.1. The Kier molecular flexibility index (Phi) is 9.51. The van der Waals surface area contributed by atoms with Crippen LogP contribution in [0.25, 0.3) is 0 Å². The highest BCUT2D eigenvalue weighted by atomic mass is 127. The number of halogens is 2. The Morgan fingerprint density at radius 3 is 2.43 bits per heavy atom. The Hall–Kier alpha value is -2.03. The number of guanidine groups is 1. The van der Waals surface area contributed by atoms with Gasteiger partial charge in [-0.2, -0.15) is 0 Å². The average molecular weight is 501 g/mol. The minimum Gasteiger partial charge on any atom is -0.493 e. The van der Waals surface area contributed by atoms with E-state index in [1.54, 1.807) is 26.4 Å². The lowest BCUT2D eigenvalue weighted by Crippen LogP contribution is -2.35. The molecule has 0 aliphatic rings. The van der Waals surface area contributed by atoms with Crippen molar-refractivity contribution in [3.63, 3.8) is 0 Å². The van der Waals surface area contributed by atoms with Gasteiger partial charge in [0.25, 0.3) is 0 Å². The Morgan fingerprint density at radius 2 is 1.79 bits per heavy atom. The first kappa shape index (κ1) is 24.0. The van der Waals surface area contributed by atoms with Gasteiger partial charge in [-0.1, -0.05) is 38.1 Å². The summed E-state index contributed by atoms with van der Waals surface area (Å²) in [7, 11) is 3.22. The van der Waals surface area contributed by atoms with Gasteiger partial charge in [0.05, 0.1) is 20.8 Å². The number of aliphatic imine (C=N–C) groups is 1. The predicted molar refractivity (Wildman–Crippen MR) is 123 cm³/mol. The number of benzene rings is 2. The molecule has 0 aliphatic carbocycles. The normalized spacial score (nSPS) is 11.5. The van der Waals surface area contributed by atoms with Gasteiger partial charge in [0.15, 0.2) is 17.5 Å². The van der Waals surface area contributed by atoms with Crippen molar-refractivity contribution in [3.8, 4) is 11.5 Å². The molecule has 2 aromatic carbocycles. The highest BCUT2D eigenvalue weighted by Crippen LogP contribution is 2.28. The zero-order chi connectivity index (χ0) is 19.9. The molecule has 0 spiro atoms. The fraction of sp³-hybridized carbons (Fsp3) is 0.381. The van der Waals surface area contributed by atoms with Crippen LogP contribution in [0.4, 0.5) is 4.39 Å². The second kappa shape index (κ2) is 11.1. The van der Waals surface area contributed by atoms with E-state index in [4.69, 9.17) is 15.2 Å². The quantitative estimate of drug-likeness (QED) is 0.327. The van der Waals surface area contributed by atoms with Gasteiger partial charge in [0, 0.05) is 12.0 Å². The zero-order valence-electron chi connectivity index (χ0n) is 16.8. The average Bonchev–Trinajstić information content (AvgIpc) is 2.66. The maximum atomic E-state index is 14.0. The second-order valence-corrected chi connectivity index (χ2v) is 6.93. The fourth-order valence-corrected chi connectivity index (χ4v) is 2.81. The van der Waals surface area contributed by atoms with Gasteiger partial charge < -0.3 is 20.5 Å². The molecular formula is C21H29FIN3O2. The van der Waals surface area contributed by atoms with E-state index in [-0.39, 0.29) is 29.8 Å². The summed E-state index contributed by atoms with van der Waals surface area (Å²) in [4.78, 5) is 4.38. The van der Waals surface area contributed by atoms with E-state index in [9.17, 15) is 4.39 Å². The Morgan fingerprint density at radius 1 is 1.11 bits per heavy atom. The largest absolute Gasteiger partial charge is 0.493 e. The second-order valence-electron chi connectivity index (χ2n) is 6.93. The van der Waals surface area contributed by atoms with Crippen LogP contribution in [0.15, 0.2) is 47.5 Å². The molecule has 3 N–H and O–H groups in total. The minimum atomic E-state index is -0.443. The summed E-state index contributed by atoms with van der Waals surface area (Å²) in [5, 5.41) is 3.10. The Bertz CT molecular complexity index is 797. The number of methoxy groups -OCH3 is 2. The van der Waals surface area contributed by atoms with Crippen LogP contribution in [0.5, 0.6) is 11.5 Å². The highest BCUT2D eigenvalue weighted by molar-refractivity contribution is 14.0. The first-order chi connectivity index (χ1) is 12.9. The number of hydrogen-bond acceptors (Lipinski definition) is 3. The molecule has 28 heavy (non-hydrogen) atoms. The molecule has 0 saturated carbocycles. The summed E-state index contributed by atoms with van der Waals surface area (Å²) in [6.45, 7) is 4.92. The van der Waals surface area contributed by atoms with Gasteiger partial charge >= 0.3 is 0 Å². The lowest BCUT2D eigenvalue weighted by Gasteiger charge is -2.23. The Labute approximate surface area is 183 Å². The molecule has 7 heteroatoms. The molecule has 0 unspecified atom stereocenters. The third-order valence-corrected chi connectivity index (χ3v) is 4.42. The van der Waals surface area contributed by atoms with Gasteiger partial charge in [-0.25, -0.2) is 4.39 Å². The van der Waals surface area contributed by atoms with Crippen molar-refractivity contribution < 1.29 is 13.9 Å². The fourth-order valence-electron chi connectivity index (χ4n) is 2.81. The summed E-state index contributed by atoms with van der Waals surface area (Å²) in [5.41, 5.74) is 7.25. The lowest BCUT2D eigenvalue weighted by molar-refractivity contribution is 0.354. The van der Waals surface area contributed by atoms with Gasteiger partial charge in [0.2, 0.25) is 0 Å². The number of nitrogens with two attached hydrogens (primary N) is 1. The number of nitrogens with one attached hydrogen (secondary N) is 1. The van der Waals surface area contributed by atoms with Crippen molar-refractivity contribution in [2.45, 2.75) is 25.7 Å². The van der Waals surface area contributed by atoms with Crippen LogP contribution in [0.2, 0.25) is 0 Å². The molecule has 2 rings (SSSR count). The van der Waals surface area contributed by atoms with E-state index in [2.05, 4.69) is 10.3 Å². The van der Waals surface area contributed by atoms with Crippen LogP contribution in [-0.2, 0) is 11.8 Å². The van der Waals surface area contributed by atoms with Crippen LogP contribution in [0.1, 0.15) is 25.0 Å². The van der Waals surface area contributed by atoms with E-state index < -0.39 is 5.41 Å². The summed E-state index contributed by atoms with van der Waals surface area (Å²) >= 11 is 0. The molecule has 0 radical (unpaired) electrons. The van der Waals surface area contributed by atoms with E-state index in [0.717, 1.165) is 12.0 Å². The van der Waals surface area contributed by atoms with Crippen LogP contribution < -0.4 is 20.5 Å². The van der Waals surface area contributed by atoms with Crippen molar-refractivity contribution in [1.82, 2.24) is 5.32 Å². The van der Waals surface area contributed by atoms with E-state index >= 15 is 0 Å². The number of rotatable bonds is 8. The maximum absolute atomic E-state index is 14.0. The SMILES string of the molecule is COc1ccc(CCNC(N)=NCC(C)(C)c2ccccc2F)cc1OC.I. The molecular weight excluding hydrogens is 472 g/mol. The van der Waals surface area contributed by atoms with Crippen LogP contribution >= 0.6 is 24.0 Å². The lowest BCUT2D eigenvalue weighted by atomic mass is 9.84. The molecule has 0 amide bonds. The molecule has 2 aromatic rings. The summed E-state index contributed by atoms with van der Waals surface area (Å²) in [6, 6.07) is 12.6. The van der Waals surface area contributed by atoms with Gasteiger partial charge in [-0.3, -0.25) is 4.99 Å². The Balaban J connectivity index is 0.00000392. The third kappa shape index (κ3) is 6.54. The van der Waals surface area contributed by atoms with Crippen molar-refractivity contribution >= 4 is 29.9 Å². The molecule has 0 atom stereocenters. The molecule has 0 saturated heterocycles. The smallest absolute Gasteiger partial charge is 0.188 e. The molecule has 0 aromatic heterocycles. The molecule has 0 bridgehead atoms. The molecule has 0 aliphatic heterocycles. The van der Waals surface area contributed by atoms with Crippen molar-refractivity contribution in [2.75, 3.05) is 27.3 Å². The topological polar surface area (TPSA) is 68.9 Å². The summed E-state index contributed by atoms with van der Waals surface area (Å²) in [5.74, 6) is 1.52. The van der Waals surface area contributed by atoms with Crippen LogP contribution in [-0.4, -0.2) is 33.3 Å². The number of hydrogen-bond donors (Lipinski definition) is 2. The van der Waals surface area contributed by atoms with Gasteiger partial charge in [0.1, 0.15) is 5.82 Å². The summed E-state index contributed by atoms with van der Waals surface area (Å²) in [6.07, 6.45) is 0.757. The van der Waals surface area contributed by atoms with Crippen molar-refractivity contribution in [3.05, 3.63) is 59.4 Å². The first-order valence-electron chi connectivity index (χ1n) is 8.87. The van der Waals surface area contributed by atoms with E-state index in [1.165, 1.54) is 6.07 Å². The monoisotopic (exact) mass is 501 g/mol. The first-order valence-corrected chi connectivity index (χ1v) is 8.87. The molecule has 0 fully saturated rings. The maximum Gasteiger partial charge on any atom is 0.188 e. The molecule has 154 valence electrons. The third-order valence-electron chi connectivity index (χ3n) is 4.42. The van der Waals surface area contributed by atoms with Gasteiger partial charge in [-0.05, 0) is 35.7 Å². The standard InChI is InChI=1S/C21H28FN3O2.HI/c1-21(2,16-7-5-6-8-17(16)22)14-25-20(23)24-12-11-15-9-10-18(26-3)19(13-15)27-4;/h5-10,13H,11-12,14H2,1-4H3,(H3,23,24,25);1H. The predicted octanol–water partition coefficient (Wildman–Crippen LogP) is 3.89. The van der Waals surface area contributed by atoms with Crippen LogP contribution in [0.3, 0.4) is 0 Å². The van der Waals surface area contributed by atoms with Crippen molar-refractivity contribution in [1.29, 1.82) is 0 Å². The van der Waals surface area contributed by atoms with Crippen LogP contribution in [0, 0.1) is 5.82 Å². The number of ether oxygens (including phenoxy) is 2. The molecule has 5 nitrogen and oxygen atoms in total. The minimum absolute atomic E-state index is 0. The van der Waals surface area contributed by atoms with E-state index in [1.807, 2.05) is 38.1 Å². The van der Waals surface area contributed by atoms with Gasteiger partial charge in [-0.15, -0.1) is 24.0 Å². The van der Waals surface area contributed by atoms with E-state index in [0.29, 0.717) is 36.1 Å². The van der Waals surface area contributed by atoms with Crippen molar-refractivity contribution in [2.24, 2.45) is 10.7 Å². The molecule has 0 heterocycles. The highest BCUT2D eigenvalue weighted by Gasteiger charge is 2.23. The summed E-state index contributed by atoms with van der Waals surface area (Å²) < 4.78 is 24.5. The number of nitrogens with zero attached hydrogens (tertiary/aromatic N) is 1.